The number of benzene rings is 4. The average molecular weight is 441 g/mol. The van der Waals surface area contributed by atoms with Gasteiger partial charge in [0.15, 0.2) is 0 Å². The number of furan rings is 1. The Morgan fingerprint density at radius 3 is 2.53 bits per heavy atom. The summed E-state index contributed by atoms with van der Waals surface area (Å²) in [7, 11) is 0. The lowest BCUT2D eigenvalue weighted by Gasteiger charge is -2.25. The molecule has 0 saturated heterocycles. The molecule has 0 aliphatic carbocycles. The summed E-state index contributed by atoms with van der Waals surface area (Å²) in [6, 6.07) is 29.4. The lowest BCUT2D eigenvalue weighted by Crippen LogP contribution is -2.11. The molecule has 0 saturated carbocycles. The van der Waals surface area contributed by atoms with E-state index in [9.17, 15) is 0 Å². The van der Waals surface area contributed by atoms with E-state index in [0.717, 1.165) is 61.1 Å². The first kappa shape index (κ1) is 20.3. The van der Waals surface area contributed by atoms with Gasteiger partial charge in [-0.3, -0.25) is 0 Å². The predicted octanol–water partition coefficient (Wildman–Crippen LogP) is 7.95. The molecule has 0 atom stereocenters. The topological polar surface area (TPSA) is 42.4 Å². The van der Waals surface area contributed by atoms with Crippen LogP contribution in [0.25, 0.3) is 38.6 Å². The summed E-state index contributed by atoms with van der Waals surface area (Å²) in [6.07, 6.45) is 8.23. The Kier molecular flexibility index (Phi) is 4.90. The number of fused-ring (bicyclic) bond motifs is 4. The standard InChI is InChI=1S/C31H24N2O/c1-21-9-5-6-18-33(24-11-3-2-4-12-24)28-17-16-22(19-27(21)28)25-13-8-15-29-30(25)26-14-7-10-23(20-32)31(26)34-29/h2-19H,1,20,32H2/b9-5-,18-6-. The van der Waals surface area contributed by atoms with E-state index in [0.29, 0.717) is 6.54 Å². The zero-order valence-electron chi connectivity index (χ0n) is 18.7. The number of hydrogen-bond acceptors (Lipinski definition) is 3. The number of anilines is 2. The Bertz CT molecular complexity index is 1610. The maximum atomic E-state index is 6.26. The average Bonchev–Trinajstić information content (AvgIpc) is 3.27. The Labute approximate surface area is 198 Å². The molecule has 3 nitrogen and oxygen atoms in total. The van der Waals surface area contributed by atoms with Crippen LogP contribution >= 0.6 is 0 Å². The Morgan fingerprint density at radius 2 is 1.68 bits per heavy atom. The summed E-state index contributed by atoms with van der Waals surface area (Å²) >= 11 is 0. The fraction of sp³-hybridized carbons (Fsp3) is 0.0323. The van der Waals surface area contributed by atoms with Gasteiger partial charge >= 0.3 is 0 Å². The van der Waals surface area contributed by atoms with Crippen LogP contribution in [0.1, 0.15) is 11.1 Å². The molecule has 1 aliphatic heterocycles. The highest BCUT2D eigenvalue weighted by Crippen LogP contribution is 2.41. The first-order valence-electron chi connectivity index (χ1n) is 11.4. The predicted molar refractivity (Wildman–Crippen MR) is 143 cm³/mol. The van der Waals surface area contributed by atoms with E-state index in [4.69, 9.17) is 10.2 Å². The maximum Gasteiger partial charge on any atom is 0.139 e. The first-order chi connectivity index (χ1) is 16.7. The van der Waals surface area contributed by atoms with Crippen molar-refractivity contribution in [1.82, 2.24) is 0 Å². The van der Waals surface area contributed by atoms with Crippen LogP contribution in [-0.2, 0) is 6.54 Å². The molecule has 0 spiro atoms. The van der Waals surface area contributed by atoms with E-state index in [2.05, 4.69) is 78.4 Å². The molecule has 3 heteroatoms. The fourth-order valence-corrected chi connectivity index (χ4v) is 4.77. The number of para-hydroxylation sites is 2. The summed E-state index contributed by atoms with van der Waals surface area (Å²) < 4.78 is 6.26. The molecular weight excluding hydrogens is 416 g/mol. The van der Waals surface area contributed by atoms with Crippen molar-refractivity contribution in [2.24, 2.45) is 5.73 Å². The van der Waals surface area contributed by atoms with Crippen molar-refractivity contribution in [2.75, 3.05) is 4.90 Å². The quantitative estimate of drug-likeness (QED) is 0.309. The minimum absolute atomic E-state index is 0.445. The molecule has 0 radical (unpaired) electrons. The van der Waals surface area contributed by atoms with E-state index in [1.807, 2.05) is 42.5 Å². The monoisotopic (exact) mass is 440 g/mol. The lowest BCUT2D eigenvalue weighted by atomic mass is 9.94. The second-order valence-corrected chi connectivity index (χ2v) is 8.44. The van der Waals surface area contributed by atoms with Crippen LogP contribution in [0, 0.1) is 0 Å². The van der Waals surface area contributed by atoms with Crippen LogP contribution in [0.5, 0.6) is 0 Å². The van der Waals surface area contributed by atoms with E-state index >= 15 is 0 Å². The van der Waals surface area contributed by atoms with Gasteiger partial charge in [-0.15, -0.1) is 0 Å². The van der Waals surface area contributed by atoms with Crippen molar-refractivity contribution >= 4 is 38.9 Å². The van der Waals surface area contributed by atoms with Crippen molar-refractivity contribution < 1.29 is 4.42 Å². The highest BCUT2D eigenvalue weighted by atomic mass is 16.3. The molecule has 4 aromatic carbocycles. The molecule has 0 fully saturated rings. The Hall–Kier alpha value is -4.34. The van der Waals surface area contributed by atoms with Gasteiger partial charge in [0.1, 0.15) is 11.2 Å². The number of allylic oxidation sites excluding steroid dienone is 4. The maximum absolute atomic E-state index is 6.26. The van der Waals surface area contributed by atoms with Gasteiger partial charge in [0, 0.05) is 40.3 Å². The van der Waals surface area contributed by atoms with Crippen LogP contribution < -0.4 is 10.6 Å². The molecule has 0 amide bonds. The Balaban J connectivity index is 1.58. The van der Waals surface area contributed by atoms with E-state index in [1.54, 1.807) is 0 Å². The lowest BCUT2D eigenvalue weighted by molar-refractivity contribution is 0.663. The van der Waals surface area contributed by atoms with Gasteiger partial charge in [-0.25, -0.2) is 0 Å². The molecule has 2 heterocycles. The molecule has 1 aliphatic rings. The van der Waals surface area contributed by atoms with Crippen molar-refractivity contribution in [3.8, 4) is 11.1 Å². The third kappa shape index (κ3) is 3.26. The van der Waals surface area contributed by atoms with E-state index < -0.39 is 0 Å². The number of nitrogens with zero attached hydrogens (tertiary/aromatic N) is 1. The number of hydrogen-bond donors (Lipinski definition) is 1. The normalized spacial score (nSPS) is 15.2. The SMILES string of the molecule is C=C1/C=C\C=C/N(c2ccccc2)c2ccc(-c3cccc4oc5c(CN)cccc5c34)cc21. The van der Waals surface area contributed by atoms with E-state index in [-0.39, 0.29) is 0 Å². The van der Waals surface area contributed by atoms with Crippen molar-refractivity contribution in [1.29, 1.82) is 0 Å². The number of rotatable bonds is 3. The Morgan fingerprint density at radius 1 is 0.824 bits per heavy atom. The summed E-state index contributed by atoms with van der Waals surface area (Å²) in [6.45, 7) is 4.81. The van der Waals surface area contributed by atoms with Crippen LogP contribution in [0.15, 0.2) is 120 Å². The zero-order chi connectivity index (χ0) is 23.1. The fourth-order valence-electron chi connectivity index (χ4n) is 4.77. The highest BCUT2D eigenvalue weighted by molar-refractivity contribution is 6.13. The van der Waals surface area contributed by atoms with Gasteiger partial charge in [0.05, 0.1) is 5.69 Å². The van der Waals surface area contributed by atoms with Crippen molar-refractivity contribution in [3.05, 3.63) is 127 Å². The van der Waals surface area contributed by atoms with Gasteiger partial charge in [0.25, 0.3) is 0 Å². The molecule has 34 heavy (non-hydrogen) atoms. The van der Waals surface area contributed by atoms with Gasteiger partial charge in [-0.1, -0.05) is 73.3 Å². The minimum Gasteiger partial charge on any atom is -0.456 e. The van der Waals surface area contributed by atoms with Gasteiger partial charge < -0.3 is 15.1 Å². The minimum atomic E-state index is 0.445. The third-order valence-electron chi connectivity index (χ3n) is 6.42. The molecule has 164 valence electrons. The van der Waals surface area contributed by atoms with Crippen LogP contribution in [-0.4, -0.2) is 0 Å². The smallest absolute Gasteiger partial charge is 0.139 e. The molecule has 6 rings (SSSR count). The van der Waals surface area contributed by atoms with Crippen LogP contribution in [0.3, 0.4) is 0 Å². The molecule has 1 aromatic heterocycles. The number of nitrogens with two attached hydrogens (primary N) is 1. The third-order valence-corrected chi connectivity index (χ3v) is 6.42. The molecule has 0 unspecified atom stereocenters. The first-order valence-corrected chi connectivity index (χ1v) is 11.4. The van der Waals surface area contributed by atoms with Gasteiger partial charge in [-0.2, -0.15) is 0 Å². The largest absolute Gasteiger partial charge is 0.456 e. The van der Waals surface area contributed by atoms with E-state index in [1.165, 1.54) is 0 Å². The second-order valence-electron chi connectivity index (χ2n) is 8.44. The van der Waals surface area contributed by atoms with Crippen molar-refractivity contribution in [3.63, 3.8) is 0 Å². The van der Waals surface area contributed by atoms with Gasteiger partial charge in [-0.05, 0) is 53.1 Å². The summed E-state index contributed by atoms with van der Waals surface area (Å²) in [5, 5.41) is 2.20. The highest BCUT2D eigenvalue weighted by Gasteiger charge is 2.18. The zero-order valence-corrected chi connectivity index (χ0v) is 18.7. The van der Waals surface area contributed by atoms with Gasteiger partial charge in [0.2, 0.25) is 0 Å². The second kappa shape index (κ2) is 8.22. The molecule has 2 N–H and O–H groups in total. The van der Waals surface area contributed by atoms with Crippen molar-refractivity contribution in [2.45, 2.75) is 6.54 Å². The summed E-state index contributed by atoms with van der Waals surface area (Å²) in [4.78, 5) is 2.20. The summed E-state index contributed by atoms with van der Waals surface area (Å²) in [5.41, 5.74) is 15.2. The molecule has 5 aromatic rings. The van der Waals surface area contributed by atoms with Crippen LogP contribution in [0.2, 0.25) is 0 Å². The molecular formula is C31H24N2O. The molecule has 0 bridgehead atoms. The van der Waals surface area contributed by atoms with Crippen LogP contribution in [0.4, 0.5) is 11.4 Å². The summed E-state index contributed by atoms with van der Waals surface area (Å²) in [5.74, 6) is 0.